The molecule has 0 fully saturated rings. The molecule has 1 heterocycles. The molecule has 0 bridgehead atoms. The number of ether oxygens (including phenoxy) is 1. The minimum absolute atomic E-state index is 0.380. The first-order chi connectivity index (χ1) is 7.67. The third-order valence-electron chi connectivity index (χ3n) is 2.61. The molecule has 0 saturated heterocycles. The highest BCUT2D eigenvalue weighted by Gasteiger charge is 2.13. The van der Waals surface area contributed by atoms with Gasteiger partial charge in [0.1, 0.15) is 5.69 Å². The van der Waals surface area contributed by atoms with E-state index < -0.39 is 0 Å². The fourth-order valence-electron chi connectivity index (χ4n) is 1.76. The lowest BCUT2D eigenvalue weighted by atomic mass is 10.1. The molecule has 0 atom stereocenters. The summed E-state index contributed by atoms with van der Waals surface area (Å²) in [5.41, 5.74) is 2.48. The molecule has 1 N–H and O–H groups in total. The zero-order chi connectivity index (χ0) is 11.7. The summed E-state index contributed by atoms with van der Waals surface area (Å²) in [5, 5.41) is 1.50. The van der Waals surface area contributed by atoms with Crippen LogP contribution in [-0.2, 0) is 11.2 Å². The first-order valence-corrected chi connectivity index (χ1v) is 5.43. The van der Waals surface area contributed by atoms with Crippen LogP contribution in [0.25, 0.3) is 10.9 Å². The lowest BCUT2D eigenvalue weighted by molar-refractivity contribution is 0.0595. The predicted molar refractivity (Wildman–Crippen MR) is 64.0 cm³/mol. The van der Waals surface area contributed by atoms with E-state index in [4.69, 9.17) is 11.6 Å². The number of aryl methyl sites for hydroxylation is 1. The Balaban J connectivity index is 2.68. The summed E-state index contributed by atoms with van der Waals surface area (Å²) in [4.78, 5) is 14.4. The van der Waals surface area contributed by atoms with Gasteiger partial charge in [0.25, 0.3) is 0 Å². The van der Waals surface area contributed by atoms with E-state index in [1.807, 2.05) is 12.1 Å². The highest BCUT2D eigenvalue weighted by Crippen LogP contribution is 2.27. The minimum atomic E-state index is -0.380. The van der Waals surface area contributed by atoms with Gasteiger partial charge in [-0.2, -0.15) is 0 Å². The Hall–Kier alpha value is -1.48. The van der Waals surface area contributed by atoms with Gasteiger partial charge >= 0.3 is 5.97 Å². The highest BCUT2D eigenvalue weighted by molar-refractivity contribution is 6.35. The molecule has 0 aliphatic carbocycles. The molecule has 0 spiro atoms. The zero-order valence-electron chi connectivity index (χ0n) is 9.13. The molecule has 0 aliphatic rings. The van der Waals surface area contributed by atoms with E-state index >= 15 is 0 Å². The zero-order valence-corrected chi connectivity index (χ0v) is 9.89. The van der Waals surface area contributed by atoms with E-state index in [2.05, 4.69) is 16.6 Å². The second-order valence-corrected chi connectivity index (χ2v) is 3.93. The van der Waals surface area contributed by atoms with Crippen LogP contribution in [0.4, 0.5) is 0 Å². The third-order valence-corrected chi connectivity index (χ3v) is 2.94. The summed E-state index contributed by atoms with van der Waals surface area (Å²) < 4.78 is 4.67. The number of halogens is 1. The molecule has 3 nitrogen and oxygen atoms in total. The number of aromatic amines is 1. The van der Waals surface area contributed by atoms with Crippen molar-refractivity contribution in [3.8, 4) is 0 Å². The summed E-state index contributed by atoms with van der Waals surface area (Å²) in [6, 6.07) is 5.53. The van der Waals surface area contributed by atoms with Gasteiger partial charge in [-0.3, -0.25) is 0 Å². The van der Waals surface area contributed by atoms with Gasteiger partial charge in [0, 0.05) is 10.4 Å². The lowest BCUT2D eigenvalue weighted by Crippen LogP contribution is -2.00. The van der Waals surface area contributed by atoms with Crippen LogP contribution in [0.5, 0.6) is 0 Å². The molecule has 0 saturated carbocycles. The molecular weight excluding hydrogens is 226 g/mol. The predicted octanol–water partition coefficient (Wildman–Crippen LogP) is 3.17. The third kappa shape index (κ3) is 1.67. The standard InChI is InChI=1S/C12H12ClNO2/c1-3-7-4-5-9(13)8-6-10(12(15)16-2)14-11(7)8/h4-6,14H,3H2,1-2H3. The topological polar surface area (TPSA) is 42.1 Å². The molecule has 0 radical (unpaired) electrons. The number of carbonyl (C=O) groups is 1. The number of rotatable bonds is 2. The number of hydrogen-bond acceptors (Lipinski definition) is 2. The van der Waals surface area contributed by atoms with Crippen LogP contribution in [0.15, 0.2) is 18.2 Å². The van der Waals surface area contributed by atoms with Gasteiger partial charge in [-0.1, -0.05) is 24.6 Å². The second kappa shape index (κ2) is 4.18. The van der Waals surface area contributed by atoms with Crippen molar-refractivity contribution in [1.82, 2.24) is 4.98 Å². The van der Waals surface area contributed by atoms with Crippen molar-refractivity contribution >= 4 is 28.5 Å². The Bertz CT molecular complexity index is 545. The number of H-pyrrole nitrogens is 1. The maximum atomic E-state index is 11.4. The number of esters is 1. The Kier molecular flexibility index (Phi) is 2.88. The normalized spacial score (nSPS) is 10.7. The van der Waals surface area contributed by atoms with Crippen molar-refractivity contribution < 1.29 is 9.53 Å². The van der Waals surface area contributed by atoms with E-state index in [0.717, 1.165) is 22.9 Å². The van der Waals surface area contributed by atoms with E-state index in [1.54, 1.807) is 6.07 Å². The van der Waals surface area contributed by atoms with E-state index in [0.29, 0.717) is 10.7 Å². The molecule has 4 heteroatoms. The first kappa shape index (κ1) is 11.0. The molecule has 16 heavy (non-hydrogen) atoms. The number of hydrogen-bond donors (Lipinski definition) is 1. The maximum Gasteiger partial charge on any atom is 0.354 e. The minimum Gasteiger partial charge on any atom is -0.464 e. The summed E-state index contributed by atoms with van der Waals surface area (Å²) in [7, 11) is 1.36. The molecular formula is C12H12ClNO2. The quantitative estimate of drug-likeness (QED) is 0.816. The molecule has 0 unspecified atom stereocenters. The van der Waals surface area contributed by atoms with Crippen molar-refractivity contribution in [2.24, 2.45) is 0 Å². The summed E-state index contributed by atoms with van der Waals surface area (Å²) in [5.74, 6) is -0.380. The second-order valence-electron chi connectivity index (χ2n) is 3.52. The van der Waals surface area contributed by atoms with E-state index in [1.165, 1.54) is 7.11 Å². The van der Waals surface area contributed by atoms with Crippen LogP contribution in [0, 0.1) is 0 Å². The molecule has 2 aromatic rings. The molecule has 84 valence electrons. The number of nitrogens with one attached hydrogen (secondary N) is 1. The average molecular weight is 238 g/mol. The van der Waals surface area contributed by atoms with Crippen molar-refractivity contribution in [1.29, 1.82) is 0 Å². The average Bonchev–Trinajstić information content (AvgIpc) is 2.74. The van der Waals surface area contributed by atoms with Crippen molar-refractivity contribution in [2.75, 3.05) is 7.11 Å². The lowest BCUT2D eigenvalue weighted by Gasteiger charge is -2.00. The van der Waals surface area contributed by atoms with Crippen LogP contribution < -0.4 is 0 Å². The van der Waals surface area contributed by atoms with Crippen LogP contribution in [0.2, 0.25) is 5.02 Å². The summed E-state index contributed by atoms with van der Waals surface area (Å²) in [6.07, 6.45) is 0.884. The monoisotopic (exact) mass is 237 g/mol. The number of benzene rings is 1. The Morgan fingerprint density at radius 2 is 2.25 bits per heavy atom. The SMILES string of the molecule is CCc1ccc(Cl)c2cc(C(=O)OC)[nH]c12. The van der Waals surface area contributed by atoms with Crippen LogP contribution >= 0.6 is 11.6 Å². The van der Waals surface area contributed by atoms with Gasteiger partial charge in [0.2, 0.25) is 0 Å². The molecule has 0 amide bonds. The fraction of sp³-hybridized carbons (Fsp3) is 0.250. The Morgan fingerprint density at radius 3 is 2.88 bits per heavy atom. The molecule has 0 aliphatic heterocycles. The Morgan fingerprint density at radius 1 is 1.50 bits per heavy atom. The fourth-order valence-corrected chi connectivity index (χ4v) is 1.97. The summed E-state index contributed by atoms with van der Waals surface area (Å²) in [6.45, 7) is 2.06. The van der Waals surface area contributed by atoms with Crippen LogP contribution in [-0.4, -0.2) is 18.1 Å². The van der Waals surface area contributed by atoms with E-state index in [9.17, 15) is 4.79 Å². The number of methoxy groups -OCH3 is 1. The van der Waals surface area contributed by atoms with Crippen molar-refractivity contribution in [3.05, 3.63) is 34.5 Å². The Labute approximate surface area is 98.4 Å². The number of carbonyl (C=O) groups excluding carboxylic acids is 1. The highest BCUT2D eigenvalue weighted by atomic mass is 35.5. The number of aromatic nitrogens is 1. The molecule has 2 rings (SSSR count). The van der Waals surface area contributed by atoms with Crippen molar-refractivity contribution in [3.63, 3.8) is 0 Å². The van der Waals surface area contributed by atoms with Crippen molar-refractivity contribution in [2.45, 2.75) is 13.3 Å². The van der Waals surface area contributed by atoms with Gasteiger partial charge < -0.3 is 9.72 Å². The molecule has 1 aromatic carbocycles. The summed E-state index contributed by atoms with van der Waals surface area (Å²) >= 11 is 6.08. The van der Waals surface area contributed by atoms with Crippen LogP contribution in [0.3, 0.4) is 0 Å². The van der Waals surface area contributed by atoms with Gasteiger partial charge in [-0.05, 0) is 24.1 Å². The van der Waals surface area contributed by atoms with E-state index in [-0.39, 0.29) is 5.97 Å². The van der Waals surface area contributed by atoms with Gasteiger partial charge in [0.05, 0.1) is 12.6 Å². The number of fused-ring (bicyclic) bond motifs is 1. The van der Waals surface area contributed by atoms with Gasteiger partial charge in [-0.15, -0.1) is 0 Å². The largest absolute Gasteiger partial charge is 0.464 e. The maximum absolute atomic E-state index is 11.4. The first-order valence-electron chi connectivity index (χ1n) is 5.05. The smallest absolute Gasteiger partial charge is 0.354 e. The molecule has 1 aromatic heterocycles. The van der Waals surface area contributed by atoms with Gasteiger partial charge in [0.15, 0.2) is 0 Å². The van der Waals surface area contributed by atoms with Gasteiger partial charge in [-0.25, -0.2) is 4.79 Å². The van der Waals surface area contributed by atoms with Crippen LogP contribution in [0.1, 0.15) is 23.0 Å².